The summed E-state index contributed by atoms with van der Waals surface area (Å²) in [6.07, 6.45) is -4.16. The number of halogens is 3. The van der Waals surface area contributed by atoms with Crippen LogP contribution in [0.3, 0.4) is 0 Å². The van der Waals surface area contributed by atoms with Gasteiger partial charge < -0.3 is 10.4 Å². The number of carboxylic acid groups (broad SMARTS) is 1. The van der Waals surface area contributed by atoms with E-state index in [0.717, 1.165) is 0 Å². The predicted molar refractivity (Wildman–Crippen MR) is 49.2 cm³/mol. The summed E-state index contributed by atoms with van der Waals surface area (Å²) in [5, 5.41) is 9.83. The number of carbonyl (C=O) groups is 2. The quantitative estimate of drug-likeness (QED) is 0.723. The SMILES string of the molecule is CS(=O)CCC(NC(=O)C(F)(F)F)C(=O)O. The van der Waals surface area contributed by atoms with Crippen molar-refractivity contribution in [2.75, 3.05) is 12.0 Å². The van der Waals surface area contributed by atoms with Crippen molar-refractivity contribution in [2.45, 2.75) is 18.6 Å². The van der Waals surface area contributed by atoms with E-state index in [-0.39, 0.29) is 12.2 Å². The molecular weight excluding hydrogens is 251 g/mol. The van der Waals surface area contributed by atoms with E-state index >= 15 is 0 Å². The summed E-state index contributed by atoms with van der Waals surface area (Å²) in [6, 6.07) is -1.68. The van der Waals surface area contributed by atoms with E-state index in [1.165, 1.54) is 11.6 Å². The average Bonchev–Trinajstić information content (AvgIpc) is 2.09. The van der Waals surface area contributed by atoms with Gasteiger partial charge in [-0.3, -0.25) is 9.00 Å². The van der Waals surface area contributed by atoms with Gasteiger partial charge in [0.15, 0.2) is 0 Å². The van der Waals surface area contributed by atoms with Crippen LogP contribution in [0.15, 0.2) is 0 Å². The Hall–Kier alpha value is -1.12. The summed E-state index contributed by atoms with van der Waals surface area (Å²) in [5.41, 5.74) is 0. The van der Waals surface area contributed by atoms with Crippen molar-refractivity contribution in [3.63, 3.8) is 0 Å². The zero-order valence-electron chi connectivity index (χ0n) is 8.21. The van der Waals surface area contributed by atoms with Gasteiger partial charge in [-0.2, -0.15) is 13.2 Å². The fourth-order valence-electron chi connectivity index (χ4n) is 0.781. The molecule has 16 heavy (non-hydrogen) atoms. The van der Waals surface area contributed by atoms with Gasteiger partial charge in [-0.15, -0.1) is 0 Å². The highest BCUT2D eigenvalue weighted by molar-refractivity contribution is 7.84. The monoisotopic (exact) mass is 261 g/mol. The second kappa shape index (κ2) is 5.83. The fourth-order valence-corrected chi connectivity index (χ4v) is 1.35. The summed E-state index contributed by atoms with van der Waals surface area (Å²) >= 11 is 0. The topological polar surface area (TPSA) is 83.5 Å². The molecule has 2 unspecified atom stereocenters. The number of amides is 1. The van der Waals surface area contributed by atoms with Crippen LogP contribution >= 0.6 is 0 Å². The lowest BCUT2D eigenvalue weighted by Gasteiger charge is -2.14. The van der Waals surface area contributed by atoms with Gasteiger partial charge in [0, 0.05) is 22.8 Å². The number of hydrogen-bond acceptors (Lipinski definition) is 3. The number of nitrogens with one attached hydrogen (secondary N) is 1. The molecule has 0 saturated carbocycles. The van der Waals surface area contributed by atoms with Crippen LogP contribution in [0.1, 0.15) is 6.42 Å². The molecule has 0 aromatic heterocycles. The number of carbonyl (C=O) groups excluding carboxylic acids is 1. The van der Waals surface area contributed by atoms with Crippen LogP contribution in [-0.4, -0.2) is 45.4 Å². The second-order valence-electron chi connectivity index (χ2n) is 2.93. The first-order valence-corrected chi connectivity index (χ1v) is 5.78. The molecule has 94 valence electrons. The molecule has 0 saturated heterocycles. The summed E-state index contributed by atoms with van der Waals surface area (Å²) in [6.45, 7) is 0. The third-order valence-electron chi connectivity index (χ3n) is 1.55. The lowest BCUT2D eigenvalue weighted by Crippen LogP contribution is -2.47. The lowest BCUT2D eigenvalue weighted by atomic mass is 10.2. The van der Waals surface area contributed by atoms with Gasteiger partial charge in [0.05, 0.1) is 0 Å². The molecule has 0 aromatic carbocycles. The molecule has 0 aliphatic carbocycles. The van der Waals surface area contributed by atoms with Crippen LogP contribution in [0, 0.1) is 0 Å². The van der Waals surface area contributed by atoms with Crippen molar-refractivity contribution in [3.05, 3.63) is 0 Å². The van der Waals surface area contributed by atoms with Crippen molar-refractivity contribution in [1.29, 1.82) is 0 Å². The lowest BCUT2D eigenvalue weighted by molar-refractivity contribution is -0.175. The van der Waals surface area contributed by atoms with Crippen LogP contribution in [0.4, 0.5) is 13.2 Å². The second-order valence-corrected chi connectivity index (χ2v) is 4.48. The smallest absolute Gasteiger partial charge is 0.471 e. The molecule has 0 bridgehead atoms. The maximum atomic E-state index is 11.8. The highest BCUT2D eigenvalue weighted by Gasteiger charge is 2.40. The first-order chi connectivity index (χ1) is 7.14. The Bertz CT molecular complexity index is 304. The maximum absolute atomic E-state index is 11.8. The number of hydrogen-bond donors (Lipinski definition) is 2. The number of aliphatic carboxylic acids is 1. The van der Waals surface area contributed by atoms with Crippen molar-refractivity contribution in [3.8, 4) is 0 Å². The number of alkyl halides is 3. The Labute approximate surface area is 91.5 Å². The highest BCUT2D eigenvalue weighted by atomic mass is 32.2. The molecule has 0 aromatic rings. The molecule has 0 aliphatic heterocycles. The molecule has 0 radical (unpaired) electrons. The molecule has 2 atom stereocenters. The molecule has 0 fully saturated rings. The van der Waals surface area contributed by atoms with E-state index in [2.05, 4.69) is 0 Å². The Kier molecular flexibility index (Phi) is 5.42. The van der Waals surface area contributed by atoms with Gasteiger partial charge in [0.2, 0.25) is 0 Å². The van der Waals surface area contributed by atoms with E-state index in [0.29, 0.717) is 0 Å². The van der Waals surface area contributed by atoms with Gasteiger partial charge in [-0.25, -0.2) is 4.79 Å². The average molecular weight is 261 g/mol. The van der Waals surface area contributed by atoms with E-state index in [1.807, 2.05) is 0 Å². The van der Waals surface area contributed by atoms with Crippen LogP contribution < -0.4 is 5.32 Å². The van der Waals surface area contributed by atoms with Gasteiger partial charge in [-0.05, 0) is 6.42 Å². The summed E-state index contributed by atoms with van der Waals surface area (Å²) in [5.74, 6) is -4.01. The molecule has 0 spiro atoms. The van der Waals surface area contributed by atoms with Crippen molar-refractivity contribution in [1.82, 2.24) is 5.32 Å². The molecule has 9 heteroatoms. The maximum Gasteiger partial charge on any atom is 0.471 e. The zero-order valence-corrected chi connectivity index (χ0v) is 9.02. The normalized spacial score (nSPS) is 15.2. The minimum Gasteiger partial charge on any atom is -0.480 e. The predicted octanol–water partition coefficient (Wildman–Crippen LogP) is -0.113. The van der Waals surface area contributed by atoms with Gasteiger partial charge in [0.1, 0.15) is 6.04 Å². The molecule has 0 heterocycles. The summed E-state index contributed by atoms with van der Waals surface area (Å²) in [7, 11) is -1.33. The molecule has 2 N–H and O–H groups in total. The van der Waals surface area contributed by atoms with E-state index in [9.17, 15) is 27.0 Å². The van der Waals surface area contributed by atoms with Crippen LogP contribution in [0.25, 0.3) is 0 Å². The largest absolute Gasteiger partial charge is 0.480 e. The number of carboxylic acids is 1. The minimum atomic E-state index is -5.13. The van der Waals surface area contributed by atoms with E-state index in [4.69, 9.17) is 5.11 Å². The Balaban J connectivity index is 4.41. The number of rotatable bonds is 5. The highest BCUT2D eigenvalue weighted by Crippen LogP contribution is 2.14. The van der Waals surface area contributed by atoms with Gasteiger partial charge in [-0.1, -0.05) is 0 Å². The minimum absolute atomic E-state index is 0.102. The first kappa shape index (κ1) is 14.9. The first-order valence-electron chi connectivity index (χ1n) is 4.05. The van der Waals surface area contributed by atoms with Crippen LogP contribution in [0.2, 0.25) is 0 Å². The summed E-state index contributed by atoms with van der Waals surface area (Å²) < 4.78 is 46.1. The third-order valence-corrected chi connectivity index (χ3v) is 2.37. The van der Waals surface area contributed by atoms with Crippen LogP contribution in [-0.2, 0) is 20.4 Å². The van der Waals surface area contributed by atoms with Crippen molar-refractivity contribution < 1.29 is 32.1 Å². The van der Waals surface area contributed by atoms with Crippen molar-refractivity contribution >= 4 is 22.7 Å². The molecule has 0 rings (SSSR count). The van der Waals surface area contributed by atoms with Crippen LogP contribution in [0.5, 0.6) is 0 Å². The molecule has 5 nitrogen and oxygen atoms in total. The molecule has 0 aliphatic rings. The zero-order chi connectivity index (χ0) is 12.9. The Morgan fingerprint density at radius 1 is 1.44 bits per heavy atom. The Morgan fingerprint density at radius 3 is 2.25 bits per heavy atom. The third kappa shape index (κ3) is 5.69. The van der Waals surface area contributed by atoms with E-state index < -0.39 is 34.9 Å². The Morgan fingerprint density at radius 2 is 1.94 bits per heavy atom. The van der Waals surface area contributed by atoms with Crippen molar-refractivity contribution in [2.24, 2.45) is 0 Å². The van der Waals surface area contributed by atoms with Gasteiger partial charge >= 0.3 is 18.1 Å². The molecular formula is C7H10F3NO4S. The summed E-state index contributed by atoms with van der Waals surface area (Å²) in [4.78, 5) is 20.9. The molecule has 1 amide bonds. The van der Waals surface area contributed by atoms with Gasteiger partial charge in [0.25, 0.3) is 0 Å². The van der Waals surface area contributed by atoms with E-state index in [1.54, 1.807) is 0 Å². The standard InChI is InChI=1S/C7H10F3NO4S/c1-16(15)3-2-4(5(12)13)11-6(14)7(8,9)10/h4H,2-3H2,1H3,(H,11,14)(H,12,13). The fraction of sp³-hybridized carbons (Fsp3) is 0.714.